The minimum absolute atomic E-state index is 0.0232. The van der Waals surface area contributed by atoms with Crippen LogP contribution >= 0.6 is 8.69 Å². The van der Waals surface area contributed by atoms with Crippen LogP contribution in [0.3, 0.4) is 0 Å². The van der Waals surface area contributed by atoms with Gasteiger partial charge in [-0.3, -0.25) is 10.1 Å². The summed E-state index contributed by atoms with van der Waals surface area (Å²) in [6.45, 7) is 0. The van der Waals surface area contributed by atoms with E-state index in [0.29, 0.717) is 5.75 Å². The summed E-state index contributed by atoms with van der Waals surface area (Å²) in [6, 6.07) is 5.31. The Hall–Kier alpha value is -1.48. The number of nitro groups is 1. The van der Waals surface area contributed by atoms with E-state index in [4.69, 9.17) is 0 Å². The Kier molecular flexibility index (Phi) is 2.71. The van der Waals surface area contributed by atoms with E-state index in [1.54, 1.807) is 0 Å². The average Bonchev–Trinajstić information content (AvgIpc) is 2.06. The Labute approximate surface area is 69.4 Å². The Bertz CT molecular complexity index is 297. The summed E-state index contributed by atoms with van der Waals surface area (Å²) in [7, 11) is -0.472. The molecule has 0 atom stereocenters. The summed E-state index contributed by atoms with van der Waals surface area (Å²) in [5, 5.41) is 10.2. The van der Waals surface area contributed by atoms with E-state index in [1.165, 1.54) is 24.3 Å². The van der Waals surface area contributed by atoms with Gasteiger partial charge in [0, 0.05) is 12.1 Å². The van der Waals surface area contributed by atoms with Crippen molar-refractivity contribution in [2.45, 2.75) is 0 Å². The van der Waals surface area contributed by atoms with Gasteiger partial charge in [0.2, 0.25) is 0 Å². The molecular formula is C6H4NO4P. The van der Waals surface area contributed by atoms with Crippen LogP contribution in [-0.4, -0.2) is 4.92 Å². The van der Waals surface area contributed by atoms with Crippen LogP contribution in [0, 0.1) is 10.1 Å². The van der Waals surface area contributed by atoms with Crippen molar-refractivity contribution in [2.75, 3.05) is 0 Å². The predicted octanol–water partition coefficient (Wildman–Crippen LogP) is 2.18. The van der Waals surface area contributed by atoms with Crippen molar-refractivity contribution < 1.29 is 14.0 Å². The van der Waals surface area contributed by atoms with Gasteiger partial charge in [-0.2, -0.15) is 0 Å². The third kappa shape index (κ3) is 2.00. The molecule has 0 unspecified atom stereocenters. The normalized spacial score (nSPS) is 9.67. The molecule has 0 amide bonds. The molecule has 1 rings (SSSR count). The fourth-order valence-corrected chi connectivity index (χ4v) is 0.880. The lowest BCUT2D eigenvalue weighted by atomic mass is 10.3. The molecule has 0 radical (unpaired) electrons. The van der Waals surface area contributed by atoms with Crippen LogP contribution in [0.25, 0.3) is 0 Å². The third-order valence-corrected chi connectivity index (χ3v) is 1.48. The fraction of sp³-hybridized carbons (Fsp3) is 0. The summed E-state index contributed by atoms with van der Waals surface area (Å²) in [5.74, 6) is 0.331. The van der Waals surface area contributed by atoms with E-state index in [1.807, 2.05) is 0 Å². The first kappa shape index (κ1) is 8.62. The van der Waals surface area contributed by atoms with Crippen LogP contribution in [0.2, 0.25) is 0 Å². The van der Waals surface area contributed by atoms with Crippen molar-refractivity contribution in [3.63, 3.8) is 0 Å². The van der Waals surface area contributed by atoms with Gasteiger partial charge in [0.1, 0.15) is 5.75 Å². The van der Waals surface area contributed by atoms with Crippen LogP contribution in [-0.2, 0) is 4.57 Å². The molecule has 0 saturated heterocycles. The Morgan fingerprint density at radius 2 is 1.92 bits per heavy atom. The van der Waals surface area contributed by atoms with Crippen molar-refractivity contribution >= 4 is 14.4 Å². The molecule has 0 aliphatic rings. The molecule has 0 aliphatic heterocycles. The quantitative estimate of drug-likeness (QED) is 0.411. The smallest absolute Gasteiger partial charge is 0.395 e. The molecule has 5 nitrogen and oxygen atoms in total. The molecule has 0 saturated carbocycles. The standard InChI is InChI=1S/C6H4NO4P/c8-7(9)5-1-3-6(4-2-5)11-12-10/h1-4H. The van der Waals surface area contributed by atoms with Crippen LogP contribution in [0.1, 0.15) is 0 Å². The van der Waals surface area contributed by atoms with Crippen molar-refractivity contribution in [1.82, 2.24) is 0 Å². The van der Waals surface area contributed by atoms with Gasteiger partial charge in [0.05, 0.1) is 4.92 Å². The molecule has 12 heavy (non-hydrogen) atoms. The molecule has 1 aromatic carbocycles. The van der Waals surface area contributed by atoms with Crippen molar-refractivity contribution in [1.29, 1.82) is 0 Å². The van der Waals surface area contributed by atoms with E-state index < -0.39 is 13.6 Å². The van der Waals surface area contributed by atoms with Crippen LogP contribution in [0.4, 0.5) is 5.69 Å². The second-order valence-electron chi connectivity index (χ2n) is 1.92. The first-order chi connectivity index (χ1) is 5.74. The van der Waals surface area contributed by atoms with Gasteiger partial charge >= 0.3 is 8.69 Å². The fourth-order valence-electron chi connectivity index (χ4n) is 0.672. The van der Waals surface area contributed by atoms with Gasteiger partial charge in [0.15, 0.2) is 0 Å². The molecule has 0 aliphatic carbocycles. The highest BCUT2D eigenvalue weighted by atomic mass is 31.1. The predicted molar refractivity (Wildman–Crippen MR) is 41.3 cm³/mol. The molecular weight excluding hydrogens is 181 g/mol. The Morgan fingerprint density at radius 1 is 1.33 bits per heavy atom. The lowest BCUT2D eigenvalue weighted by Gasteiger charge is -1.93. The van der Waals surface area contributed by atoms with Crippen LogP contribution < -0.4 is 4.52 Å². The molecule has 0 aromatic heterocycles. The molecule has 0 heterocycles. The van der Waals surface area contributed by atoms with E-state index in [-0.39, 0.29) is 5.69 Å². The first-order valence-corrected chi connectivity index (χ1v) is 3.71. The number of nitrogens with zero attached hydrogens (tertiary/aromatic N) is 1. The lowest BCUT2D eigenvalue weighted by molar-refractivity contribution is -0.384. The number of hydrogen-bond acceptors (Lipinski definition) is 4. The average molecular weight is 185 g/mol. The lowest BCUT2D eigenvalue weighted by Crippen LogP contribution is -1.86. The highest BCUT2D eigenvalue weighted by Gasteiger charge is 2.03. The number of hydrogen-bond donors (Lipinski definition) is 0. The zero-order chi connectivity index (χ0) is 8.97. The minimum Gasteiger partial charge on any atom is -0.408 e. The Balaban J connectivity index is 2.85. The third-order valence-electron chi connectivity index (χ3n) is 1.19. The number of non-ortho nitro benzene ring substituents is 1. The summed E-state index contributed by atoms with van der Waals surface area (Å²) < 4.78 is 14.5. The number of rotatable bonds is 3. The molecule has 0 spiro atoms. The second kappa shape index (κ2) is 3.78. The number of nitro benzene ring substituents is 1. The second-order valence-corrected chi connectivity index (χ2v) is 2.25. The van der Waals surface area contributed by atoms with Gasteiger partial charge in [-0.05, 0) is 12.1 Å². The van der Waals surface area contributed by atoms with Gasteiger partial charge in [-0.25, -0.2) is 4.57 Å². The van der Waals surface area contributed by atoms with E-state index in [2.05, 4.69) is 4.52 Å². The summed E-state index contributed by atoms with van der Waals surface area (Å²) in [4.78, 5) is 9.66. The summed E-state index contributed by atoms with van der Waals surface area (Å²) >= 11 is 0. The largest absolute Gasteiger partial charge is 0.408 e. The van der Waals surface area contributed by atoms with Crippen LogP contribution in [0.15, 0.2) is 24.3 Å². The first-order valence-electron chi connectivity index (χ1n) is 2.98. The van der Waals surface area contributed by atoms with Gasteiger partial charge in [-0.1, -0.05) is 0 Å². The number of benzene rings is 1. The topological polar surface area (TPSA) is 69.4 Å². The summed E-state index contributed by atoms with van der Waals surface area (Å²) in [5.41, 5.74) is -0.0232. The van der Waals surface area contributed by atoms with Crippen molar-refractivity contribution in [2.24, 2.45) is 0 Å². The zero-order valence-electron chi connectivity index (χ0n) is 5.84. The SMILES string of the molecule is O=POc1ccc([N+](=O)[O-])cc1. The molecule has 0 bridgehead atoms. The summed E-state index contributed by atoms with van der Waals surface area (Å²) in [6.07, 6.45) is 0. The maximum Gasteiger partial charge on any atom is 0.395 e. The van der Waals surface area contributed by atoms with E-state index >= 15 is 0 Å². The van der Waals surface area contributed by atoms with Gasteiger partial charge in [0.25, 0.3) is 5.69 Å². The Morgan fingerprint density at radius 3 is 2.33 bits per heavy atom. The van der Waals surface area contributed by atoms with Crippen LogP contribution in [0.5, 0.6) is 5.75 Å². The van der Waals surface area contributed by atoms with E-state index in [0.717, 1.165) is 0 Å². The van der Waals surface area contributed by atoms with Crippen molar-refractivity contribution in [3.05, 3.63) is 34.4 Å². The molecule has 0 N–H and O–H groups in total. The highest BCUT2D eigenvalue weighted by molar-refractivity contribution is 7.17. The molecule has 62 valence electrons. The zero-order valence-corrected chi connectivity index (χ0v) is 6.73. The molecule has 1 aromatic rings. The van der Waals surface area contributed by atoms with Gasteiger partial charge in [-0.15, -0.1) is 0 Å². The maximum atomic E-state index is 10.2. The molecule has 0 fully saturated rings. The van der Waals surface area contributed by atoms with Gasteiger partial charge < -0.3 is 4.52 Å². The highest BCUT2D eigenvalue weighted by Crippen LogP contribution is 2.19. The molecule has 6 heteroatoms. The minimum atomic E-state index is -0.515. The van der Waals surface area contributed by atoms with Crippen molar-refractivity contribution in [3.8, 4) is 5.75 Å². The van der Waals surface area contributed by atoms with E-state index in [9.17, 15) is 14.7 Å². The maximum absolute atomic E-state index is 10.2. The monoisotopic (exact) mass is 185 g/mol.